The summed E-state index contributed by atoms with van der Waals surface area (Å²) in [5.41, 5.74) is 9.49. The Kier molecular flexibility index (Phi) is 17.2. The molecule has 0 atom stereocenters. The van der Waals surface area contributed by atoms with Crippen LogP contribution in [-0.2, 0) is 22.4 Å². The number of aromatic nitrogens is 14. The summed E-state index contributed by atoms with van der Waals surface area (Å²) in [5, 5.41) is 46.7. The standard InChI is InChI=1S/C24H28N8O.C14H16N6O2.C10H14N2.2CH4/c1-16-20(17(2)31(28-16)23-9-8-22-27-26-18(3)32(22)29-23)7-10-24(33)30-14-11-19(12-15-30)21-6-4-5-13-25-21;1-8-11(4-7-14(21)22)9(2)19(17-8)13-6-5-12-16-15-10(3)20(12)18-13;1-2-6-12-10(3-1)9-4-7-11-8-5-9;;/h4-6,8-9,13,19H,7,10-12,14-15H2,1-3H3;5-6H,4,7H2,1-3H3,(H,21,22);1-3,6,9,11H,4-5,7-8H2;2*1H4. The molecule has 19 heteroatoms. The topological polar surface area (TPSA) is 217 Å². The second-order valence-electron chi connectivity index (χ2n) is 17.1. The van der Waals surface area contributed by atoms with E-state index >= 15 is 0 Å². The van der Waals surface area contributed by atoms with Crippen LogP contribution in [0.2, 0.25) is 0 Å². The number of carbonyl (C=O) groups excluding carboxylic acids is 1. The molecule has 0 saturated carbocycles. The normalized spacial score (nSPS) is 14.0. The minimum atomic E-state index is -0.814. The van der Waals surface area contributed by atoms with Crippen LogP contribution < -0.4 is 5.32 Å². The number of carboxylic acids is 1. The van der Waals surface area contributed by atoms with Crippen LogP contribution in [0.15, 0.2) is 73.1 Å². The molecular weight excluding hydrogens is 873 g/mol. The van der Waals surface area contributed by atoms with Crippen molar-refractivity contribution in [3.8, 4) is 11.6 Å². The lowest BCUT2D eigenvalue weighted by atomic mass is 9.93. The number of piperidine rings is 2. The fourth-order valence-electron chi connectivity index (χ4n) is 8.92. The minimum Gasteiger partial charge on any atom is -0.481 e. The lowest BCUT2D eigenvalue weighted by Crippen LogP contribution is -2.38. The average Bonchev–Trinajstić information content (AvgIpc) is 4.09. The van der Waals surface area contributed by atoms with Gasteiger partial charge in [0.05, 0.1) is 11.4 Å². The first kappa shape index (κ1) is 51.1. The van der Waals surface area contributed by atoms with Gasteiger partial charge in [0.2, 0.25) is 5.91 Å². The van der Waals surface area contributed by atoms with E-state index in [0.29, 0.717) is 59.9 Å². The van der Waals surface area contributed by atoms with Crippen LogP contribution >= 0.6 is 0 Å². The SMILES string of the molecule is C.C.Cc1nn(-c2ccc3nnc(C)n3n2)c(C)c1CCC(=O)N1CCC(c2ccccn2)CC1.Cc1nn(-c2ccc3nnc(C)n3n2)c(C)c1CCC(=O)O.c1ccc(C2CCNCC2)nc1. The lowest BCUT2D eigenvalue weighted by Gasteiger charge is -2.31. The Balaban J connectivity index is 0.000000187. The van der Waals surface area contributed by atoms with Crippen molar-refractivity contribution in [2.75, 3.05) is 26.2 Å². The number of amides is 1. The highest BCUT2D eigenvalue weighted by Crippen LogP contribution is 2.28. The molecule has 1 amide bonds. The maximum absolute atomic E-state index is 12.9. The van der Waals surface area contributed by atoms with Crippen LogP contribution in [0.4, 0.5) is 0 Å². The summed E-state index contributed by atoms with van der Waals surface area (Å²) in [4.78, 5) is 34.6. The summed E-state index contributed by atoms with van der Waals surface area (Å²) < 4.78 is 6.93. The van der Waals surface area contributed by atoms with Gasteiger partial charge in [-0.1, -0.05) is 27.0 Å². The van der Waals surface area contributed by atoms with E-state index in [1.54, 1.807) is 13.7 Å². The van der Waals surface area contributed by atoms with Crippen molar-refractivity contribution in [1.82, 2.24) is 79.4 Å². The predicted octanol–water partition coefficient (Wildman–Crippen LogP) is 7.04. The van der Waals surface area contributed by atoms with Crippen molar-refractivity contribution in [3.05, 3.63) is 130 Å². The molecule has 0 radical (unpaired) electrons. The number of fused-ring (bicyclic) bond motifs is 2. The third kappa shape index (κ3) is 11.9. The van der Waals surface area contributed by atoms with Crippen molar-refractivity contribution in [3.63, 3.8) is 0 Å². The van der Waals surface area contributed by atoms with E-state index in [-0.39, 0.29) is 27.2 Å². The number of aliphatic carboxylic acids is 1. The van der Waals surface area contributed by atoms with Gasteiger partial charge in [-0.3, -0.25) is 19.6 Å². The Hall–Kier alpha value is -7.28. The van der Waals surface area contributed by atoms with Gasteiger partial charge in [0.1, 0.15) is 0 Å². The molecule has 2 saturated heterocycles. The highest BCUT2D eigenvalue weighted by Gasteiger charge is 2.25. The van der Waals surface area contributed by atoms with Crippen LogP contribution in [-0.4, -0.2) is 117 Å². The first-order chi connectivity index (χ1) is 32.4. The maximum Gasteiger partial charge on any atom is 0.303 e. The van der Waals surface area contributed by atoms with Crippen molar-refractivity contribution in [1.29, 1.82) is 0 Å². The number of hydrogen-bond donors (Lipinski definition) is 2. The summed E-state index contributed by atoms with van der Waals surface area (Å²) in [5.74, 6) is 3.31. The first-order valence-corrected chi connectivity index (χ1v) is 23.0. The Morgan fingerprint density at radius 1 is 0.594 bits per heavy atom. The van der Waals surface area contributed by atoms with Gasteiger partial charge in [0, 0.05) is 72.9 Å². The number of nitrogens with zero attached hydrogens (tertiary/aromatic N) is 15. The molecule has 0 spiro atoms. The molecule has 19 nitrogen and oxygen atoms in total. The van der Waals surface area contributed by atoms with Gasteiger partial charge < -0.3 is 15.3 Å². The second kappa shape index (κ2) is 23.1. The number of nitrogens with one attached hydrogen (secondary N) is 1. The highest BCUT2D eigenvalue weighted by atomic mass is 16.4. The van der Waals surface area contributed by atoms with E-state index in [1.807, 2.05) is 106 Å². The molecule has 2 fully saturated rings. The number of carbonyl (C=O) groups is 2. The van der Waals surface area contributed by atoms with E-state index in [4.69, 9.17) is 10.2 Å². The number of pyridine rings is 2. The monoisotopic (exact) mass is 939 g/mol. The highest BCUT2D eigenvalue weighted by molar-refractivity contribution is 5.76. The molecule has 8 aromatic heterocycles. The van der Waals surface area contributed by atoms with E-state index < -0.39 is 5.97 Å². The zero-order valence-electron chi connectivity index (χ0n) is 39.0. The number of carboxylic acid groups (broad SMARTS) is 1. The summed E-state index contributed by atoms with van der Waals surface area (Å²) in [6.07, 6.45) is 9.84. The molecule has 0 unspecified atom stereocenters. The predicted molar refractivity (Wildman–Crippen MR) is 264 cm³/mol. The van der Waals surface area contributed by atoms with E-state index in [1.165, 1.54) is 18.5 Å². The molecule has 10 rings (SSSR count). The molecule has 0 bridgehead atoms. The van der Waals surface area contributed by atoms with Crippen LogP contribution in [0.1, 0.15) is 122 Å². The van der Waals surface area contributed by atoms with Crippen LogP contribution in [0.3, 0.4) is 0 Å². The molecule has 2 N–H and O–H groups in total. The number of aryl methyl sites for hydroxylation is 4. The van der Waals surface area contributed by atoms with E-state index in [2.05, 4.69) is 69.2 Å². The van der Waals surface area contributed by atoms with Gasteiger partial charge in [0.25, 0.3) is 0 Å². The van der Waals surface area contributed by atoms with Gasteiger partial charge >= 0.3 is 5.97 Å². The van der Waals surface area contributed by atoms with Crippen LogP contribution in [0, 0.1) is 41.5 Å². The number of rotatable bonds is 10. The van der Waals surface area contributed by atoms with Crippen molar-refractivity contribution in [2.45, 2.75) is 120 Å². The third-order valence-corrected chi connectivity index (χ3v) is 12.7. The zero-order chi connectivity index (χ0) is 47.0. The van der Waals surface area contributed by atoms with Gasteiger partial charge in [0.15, 0.2) is 34.6 Å². The van der Waals surface area contributed by atoms with Gasteiger partial charge in [-0.15, -0.1) is 30.6 Å². The first-order valence-electron chi connectivity index (χ1n) is 23.0. The fourth-order valence-corrected chi connectivity index (χ4v) is 8.92. The summed E-state index contributed by atoms with van der Waals surface area (Å²) in [7, 11) is 0. The molecule has 10 heterocycles. The molecule has 8 aromatic rings. The van der Waals surface area contributed by atoms with Gasteiger partial charge in [-0.05, 0) is 153 Å². The largest absolute Gasteiger partial charge is 0.481 e. The van der Waals surface area contributed by atoms with E-state index in [0.717, 1.165) is 84.4 Å². The molecule has 69 heavy (non-hydrogen) atoms. The zero-order valence-corrected chi connectivity index (χ0v) is 39.0. The molecule has 0 aromatic carbocycles. The summed E-state index contributed by atoms with van der Waals surface area (Å²) >= 11 is 0. The average molecular weight is 939 g/mol. The van der Waals surface area contributed by atoms with Gasteiger partial charge in [-0.2, -0.15) is 19.2 Å². The Bertz CT molecular complexity index is 2940. The summed E-state index contributed by atoms with van der Waals surface area (Å²) in [6, 6.07) is 19.7. The van der Waals surface area contributed by atoms with Crippen LogP contribution in [0.25, 0.3) is 22.9 Å². The number of hydrogen-bond acceptors (Lipinski definition) is 13. The van der Waals surface area contributed by atoms with E-state index in [9.17, 15) is 9.59 Å². The molecule has 2 aliphatic heterocycles. The van der Waals surface area contributed by atoms with Crippen molar-refractivity contribution >= 4 is 23.2 Å². The lowest BCUT2D eigenvalue weighted by molar-refractivity contribution is -0.137. The third-order valence-electron chi connectivity index (χ3n) is 12.7. The maximum atomic E-state index is 12.9. The second-order valence-corrected chi connectivity index (χ2v) is 17.1. The smallest absolute Gasteiger partial charge is 0.303 e. The Labute approximate surface area is 403 Å². The van der Waals surface area contributed by atoms with Crippen LogP contribution in [0.5, 0.6) is 0 Å². The van der Waals surface area contributed by atoms with Gasteiger partial charge in [-0.25, -0.2) is 9.36 Å². The molecule has 0 aliphatic carbocycles. The molecular formula is C50H66N16O3. The van der Waals surface area contributed by atoms with Crippen molar-refractivity contribution in [2.24, 2.45) is 0 Å². The summed E-state index contributed by atoms with van der Waals surface area (Å²) in [6.45, 7) is 15.4. The number of likely N-dealkylation sites (tertiary alicyclic amines) is 1. The Morgan fingerprint density at radius 2 is 1.06 bits per heavy atom. The Morgan fingerprint density at radius 3 is 1.51 bits per heavy atom. The molecule has 364 valence electrons. The van der Waals surface area contributed by atoms with Crippen molar-refractivity contribution < 1.29 is 14.7 Å². The molecule has 2 aliphatic rings. The quantitative estimate of drug-likeness (QED) is 0.141. The minimum absolute atomic E-state index is 0. The fraction of sp³-hybridized carbons (Fsp3) is 0.440.